The van der Waals surface area contributed by atoms with Gasteiger partial charge in [0.1, 0.15) is 6.54 Å². The van der Waals surface area contributed by atoms with Crippen LogP contribution in [0.25, 0.3) is 11.0 Å². The topological polar surface area (TPSA) is 68.1 Å². The molecule has 30 heavy (non-hydrogen) atoms. The van der Waals surface area contributed by atoms with E-state index in [-0.39, 0.29) is 30.1 Å². The van der Waals surface area contributed by atoms with Crippen LogP contribution in [0, 0.1) is 0 Å². The number of pyridine rings is 1. The predicted octanol–water partition coefficient (Wildman–Crippen LogP) is 3.89. The Kier molecular flexibility index (Phi) is 5.93. The minimum Gasteiger partial charge on any atom is -0.330 e. The molecule has 0 saturated carbocycles. The summed E-state index contributed by atoms with van der Waals surface area (Å²) in [5.41, 5.74) is 3.38. The van der Waals surface area contributed by atoms with Crippen molar-refractivity contribution >= 4 is 16.9 Å². The predicted molar refractivity (Wildman–Crippen MR) is 117 cm³/mol. The summed E-state index contributed by atoms with van der Waals surface area (Å²) < 4.78 is 1.54. The van der Waals surface area contributed by atoms with Crippen LogP contribution in [-0.2, 0) is 17.8 Å². The van der Waals surface area contributed by atoms with Crippen LogP contribution in [0.15, 0.2) is 53.6 Å². The van der Waals surface area contributed by atoms with Gasteiger partial charge < -0.3 is 4.90 Å². The normalized spacial score (nSPS) is 15.9. The van der Waals surface area contributed by atoms with Gasteiger partial charge in [0.2, 0.25) is 5.91 Å². The van der Waals surface area contributed by atoms with Gasteiger partial charge in [-0.2, -0.15) is 0 Å². The molecule has 0 bridgehead atoms. The van der Waals surface area contributed by atoms with Gasteiger partial charge in [-0.3, -0.25) is 19.1 Å². The second-order valence-electron chi connectivity index (χ2n) is 7.90. The first-order valence-electron chi connectivity index (χ1n) is 10.8. The Morgan fingerprint density at radius 1 is 1.17 bits per heavy atom. The first kappa shape index (κ1) is 20.3. The minimum atomic E-state index is -0.256. The highest BCUT2D eigenvalue weighted by Gasteiger charge is 2.34. The lowest BCUT2D eigenvalue weighted by Crippen LogP contribution is -2.46. The number of fused-ring (bicyclic) bond motifs is 2. The van der Waals surface area contributed by atoms with Gasteiger partial charge in [-0.15, -0.1) is 0 Å². The molecule has 0 radical (unpaired) electrons. The van der Waals surface area contributed by atoms with Gasteiger partial charge in [-0.25, -0.2) is 4.98 Å². The molecule has 0 spiro atoms. The fourth-order valence-corrected chi connectivity index (χ4v) is 4.66. The fraction of sp³-hybridized carbons (Fsp3) is 0.417. The van der Waals surface area contributed by atoms with Crippen molar-refractivity contribution in [2.45, 2.75) is 64.6 Å². The van der Waals surface area contributed by atoms with Gasteiger partial charge in [0, 0.05) is 12.2 Å². The molecule has 6 heteroatoms. The smallest absolute Gasteiger partial charge is 0.269 e. The molecule has 4 rings (SSSR count). The van der Waals surface area contributed by atoms with Crippen molar-refractivity contribution in [3.8, 4) is 0 Å². The van der Waals surface area contributed by atoms with E-state index in [1.165, 1.54) is 11.8 Å². The molecule has 156 valence electrons. The van der Waals surface area contributed by atoms with E-state index in [2.05, 4.69) is 29.9 Å². The van der Waals surface area contributed by atoms with Crippen LogP contribution in [0.5, 0.6) is 0 Å². The first-order valence-corrected chi connectivity index (χ1v) is 10.8. The lowest BCUT2D eigenvalue weighted by molar-refractivity contribution is -0.138. The van der Waals surface area contributed by atoms with Gasteiger partial charge in [-0.05, 0) is 55.9 Å². The van der Waals surface area contributed by atoms with Crippen LogP contribution in [0.3, 0.4) is 0 Å². The van der Waals surface area contributed by atoms with Crippen molar-refractivity contribution in [3.05, 3.63) is 70.4 Å². The molecule has 0 saturated heterocycles. The summed E-state index contributed by atoms with van der Waals surface area (Å²) in [5, 5.41) is 0. The molecule has 0 aliphatic heterocycles. The van der Waals surface area contributed by atoms with Crippen LogP contribution in [0.4, 0.5) is 0 Å². The zero-order chi connectivity index (χ0) is 21.1. The van der Waals surface area contributed by atoms with Crippen LogP contribution < -0.4 is 5.56 Å². The maximum Gasteiger partial charge on any atom is 0.269 e. The number of carbonyl (C=O) groups excluding carboxylic acids is 1. The molecule has 2 aromatic heterocycles. The summed E-state index contributed by atoms with van der Waals surface area (Å²) in [4.78, 5) is 37.2. The molecule has 0 unspecified atom stereocenters. The number of nitrogens with zero attached hydrogens (tertiary/aromatic N) is 4. The van der Waals surface area contributed by atoms with Crippen molar-refractivity contribution < 1.29 is 4.79 Å². The largest absolute Gasteiger partial charge is 0.330 e. The Hall–Kier alpha value is -3.02. The Morgan fingerprint density at radius 3 is 2.77 bits per heavy atom. The number of benzene rings is 1. The highest BCUT2D eigenvalue weighted by Crippen LogP contribution is 2.35. The Balaban J connectivity index is 1.74. The van der Waals surface area contributed by atoms with E-state index in [0.717, 1.165) is 37.8 Å². The zero-order valence-corrected chi connectivity index (χ0v) is 17.6. The molecule has 3 aromatic rings. The summed E-state index contributed by atoms with van der Waals surface area (Å²) >= 11 is 0. The molecule has 6 nitrogen and oxygen atoms in total. The standard InChI is InChI=1S/C24H28N4O2/c1-3-18(4-2)28(21-13-7-9-17-10-8-14-25-24(17)21)23(30)16-27-20-12-6-5-11-19(20)26-15-22(27)29/h5-6,8,10-12,14-15,18,21H,3-4,7,9,13,16H2,1-2H3/t21-/m1/s1. The molecule has 1 aliphatic carbocycles. The fourth-order valence-electron chi connectivity index (χ4n) is 4.66. The van der Waals surface area contributed by atoms with Gasteiger partial charge >= 0.3 is 0 Å². The van der Waals surface area contributed by atoms with Crippen LogP contribution in [-0.4, -0.2) is 31.4 Å². The lowest BCUT2D eigenvalue weighted by atomic mass is 9.89. The number of carbonyl (C=O) groups is 1. The van der Waals surface area contributed by atoms with Gasteiger partial charge in [-0.1, -0.05) is 32.0 Å². The van der Waals surface area contributed by atoms with Gasteiger partial charge in [0.05, 0.1) is 29.0 Å². The number of hydrogen-bond acceptors (Lipinski definition) is 4. The summed E-state index contributed by atoms with van der Waals surface area (Å²) in [6.45, 7) is 4.24. The molecular weight excluding hydrogens is 376 g/mol. The van der Waals surface area contributed by atoms with E-state index in [1.54, 1.807) is 4.57 Å². The second kappa shape index (κ2) is 8.78. The van der Waals surface area contributed by atoms with Crippen molar-refractivity contribution in [3.63, 3.8) is 0 Å². The highest BCUT2D eigenvalue weighted by molar-refractivity contribution is 5.80. The molecular formula is C24H28N4O2. The van der Waals surface area contributed by atoms with Crippen LogP contribution in [0.1, 0.15) is 56.8 Å². The van der Waals surface area contributed by atoms with Crippen molar-refractivity contribution in [2.24, 2.45) is 0 Å². The van der Waals surface area contributed by atoms with Crippen LogP contribution in [0.2, 0.25) is 0 Å². The van der Waals surface area contributed by atoms with E-state index in [1.807, 2.05) is 41.4 Å². The number of para-hydroxylation sites is 2. The van der Waals surface area contributed by atoms with Crippen LogP contribution >= 0.6 is 0 Å². The van der Waals surface area contributed by atoms with Crippen molar-refractivity contribution in [2.75, 3.05) is 0 Å². The van der Waals surface area contributed by atoms with Gasteiger partial charge in [0.25, 0.3) is 5.56 Å². The third-order valence-electron chi connectivity index (χ3n) is 6.17. The van der Waals surface area contributed by atoms with E-state index in [0.29, 0.717) is 11.0 Å². The molecule has 1 atom stereocenters. The maximum absolute atomic E-state index is 13.7. The van der Waals surface area contributed by atoms with E-state index < -0.39 is 0 Å². The average Bonchev–Trinajstić information content (AvgIpc) is 2.79. The number of hydrogen-bond donors (Lipinski definition) is 0. The number of aryl methyl sites for hydroxylation is 1. The average molecular weight is 405 g/mol. The molecule has 0 N–H and O–H groups in total. The van der Waals surface area contributed by atoms with E-state index in [9.17, 15) is 9.59 Å². The minimum absolute atomic E-state index is 0.0109. The lowest BCUT2D eigenvalue weighted by Gasteiger charge is -2.40. The summed E-state index contributed by atoms with van der Waals surface area (Å²) in [6, 6.07) is 11.6. The number of amides is 1. The van der Waals surface area contributed by atoms with E-state index in [4.69, 9.17) is 0 Å². The number of aromatic nitrogens is 3. The maximum atomic E-state index is 13.7. The Bertz CT molecular complexity index is 1100. The van der Waals surface area contributed by atoms with E-state index >= 15 is 0 Å². The Morgan fingerprint density at radius 2 is 1.97 bits per heavy atom. The van der Waals surface area contributed by atoms with Gasteiger partial charge in [0.15, 0.2) is 0 Å². The Labute approximate surface area is 176 Å². The quantitative estimate of drug-likeness (QED) is 0.625. The molecule has 1 aromatic carbocycles. The molecule has 1 aliphatic rings. The summed E-state index contributed by atoms with van der Waals surface area (Å²) in [6.07, 6.45) is 7.78. The first-order chi connectivity index (χ1) is 14.6. The molecule has 0 fully saturated rings. The monoisotopic (exact) mass is 404 g/mol. The van der Waals surface area contributed by atoms with Crippen molar-refractivity contribution in [1.82, 2.24) is 19.4 Å². The second-order valence-corrected chi connectivity index (χ2v) is 7.90. The third kappa shape index (κ3) is 3.74. The summed E-state index contributed by atoms with van der Waals surface area (Å²) in [7, 11) is 0. The van der Waals surface area contributed by atoms with Crippen molar-refractivity contribution in [1.29, 1.82) is 0 Å². The highest BCUT2D eigenvalue weighted by atomic mass is 16.2. The third-order valence-corrected chi connectivity index (χ3v) is 6.17. The molecule has 2 heterocycles. The SMILES string of the molecule is CCC(CC)N(C(=O)Cn1c(=O)cnc2ccccc21)[C@@H]1CCCc2cccnc21. The zero-order valence-electron chi connectivity index (χ0n) is 17.6. The number of rotatable bonds is 6. The summed E-state index contributed by atoms with van der Waals surface area (Å²) in [5.74, 6) is -0.0364. The molecule has 1 amide bonds.